The van der Waals surface area contributed by atoms with Gasteiger partial charge in [0.05, 0.1) is 24.2 Å². The fraction of sp³-hybridized carbons (Fsp3) is 0.400. The van der Waals surface area contributed by atoms with E-state index in [9.17, 15) is 8.42 Å². The number of thiazole rings is 1. The summed E-state index contributed by atoms with van der Waals surface area (Å²) in [6.45, 7) is 7.63. The van der Waals surface area contributed by atoms with Crippen LogP contribution in [0.5, 0.6) is 5.75 Å². The van der Waals surface area contributed by atoms with Crippen LogP contribution >= 0.6 is 11.3 Å². The molecule has 120 valence electrons. The molecule has 0 bridgehead atoms. The first-order valence-corrected chi connectivity index (χ1v) is 9.12. The van der Waals surface area contributed by atoms with Gasteiger partial charge in [-0.2, -0.15) is 0 Å². The van der Waals surface area contributed by atoms with Crippen molar-refractivity contribution in [2.75, 3.05) is 7.11 Å². The van der Waals surface area contributed by atoms with Gasteiger partial charge in [0.1, 0.15) is 10.8 Å². The summed E-state index contributed by atoms with van der Waals surface area (Å²) >= 11 is 1.51. The maximum Gasteiger partial charge on any atom is 0.241 e. The third-order valence-corrected chi connectivity index (χ3v) is 6.20. The standard InChI is InChI=1S/C15H20N2O3S2/c1-9-6-13(20-5)7-10(2)15(9)22(18,19)16-8-14-17-11(3)12(4)21-14/h6-7,16H,8H2,1-5H3. The van der Waals surface area contributed by atoms with Gasteiger partial charge in [0.15, 0.2) is 0 Å². The van der Waals surface area contributed by atoms with E-state index in [0.29, 0.717) is 21.8 Å². The molecular weight excluding hydrogens is 320 g/mol. The number of rotatable bonds is 5. The molecule has 7 heteroatoms. The number of aromatic nitrogens is 1. The lowest BCUT2D eigenvalue weighted by atomic mass is 10.1. The molecule has 1 N–H and O–H groups in total. The highest BCUT2D eigenvalue weighted by Gasteiger charge is 2.21. The number of hydrogen-bond acceptors (Lipinski definition) is 5. The van der Waals surface area contributed by atoms with E-state index >= 15 is 0 Å². The van der Waals surface area contributed by atoms with Crippen molar-refractivity contribution in [3.63, 3.8) is 0 Å². The minimum Gasteiger partial charge on any atom is -0.497 e. The molecule has 2 rings (SSSR count). The number of methoxy groups -OCH3 is 1. The quantitative estimate of drug-likeness (QED) is 0.909. The maximum absolute atomic E-state index is 12.6. The average molecular weight is 340 g/mol. The van der Waals surface area contributed by atoms with Gasteiger partial charge in [0.25, 0.3) is 0 Å². The van der Waals surface area contributed by atoms with Crippen LogP contribution in [0.2, 0.25) is 0 Å². The van der Waals surface area contributed by atoms with Crippen LogP contribution in [0.15, 0.2) is 17.0 Å². The molecule has 0 spiro atoms. The van der Waals surface area contributed by atoms with Crippen molar-refractivity contribution in [1.82, 2.24) is 9.71 Å². The Bertz CT molecular complexity index is 753. The predicted molar refractivity (Wildman–Crippen MR) is 88.1 cm³/mol. The van der Waals surface area contributed by atoms with Crippen molar-refractivity contribution >= 4 is 21.4 Å². The highest BCUT2D eigenvalue weighted by Crippen LogP contribution is 2.26. The third-order valence-electron chi connectivity index (χ3n) is 3.42. The Kier molecular flexibility index (Phi) is 4.89. The van der Waals surface area contributed by atoms with Crippen LogP contribution in [0, 0.1) is 27.7 Å². The van der Waals surface area contributed by atoms with Crippen LogP contribution in [-0.2, 0) is 16.6 Å². The first-order chi connectivity index (χ1) is 10.2. The van der Waals surface area contributed by atoms with E-state index < -0.39 is 10.0 Å². The number of aryl methyl sites for hydroxylation is 4. The van der Waals surface area contributed by atoms with Gasteiger partial charge in [-0.05, 0) is 51.0 Å². The summed E-state index contributed by atoms with van der Waals surface area (Å²) < 4.78 is 32.9. The molecule has 0 saturated heterocycles. The monoisotopic (exact) mass is 340 g/mol. The zero-order valence-electron chi connectivity index (χ0n) is 13.4. The number of hydrogen-bond donors (Lipinski definition) is 1. The second kappa shape index (κ2) is 6.36. The van der Waals surface area contributed by atoms with Gasteiger partial charge in [0.2, 0.25) is 10.0 Å². The topological polar surface area (TPSA) is 68.3 Å². The average Bonchev–Trinajstić information content (AvgIpc) is 2.74. The Morgan fingerprint density at radius 1 is 1.18 bits per heavy atom. The van der Waals surface area contributed by atoms with Crippen molar-refractivity contribution in [2.24, 2.45) is 0 Å². The Labute approximate surface area is 135 Å². The second-order valence-corrected chi connectivity index (χ2v) is 8.16. The van der Waals surface area contributed by atoms with Gasteiger partial charge in [-0.1, -0.05) is 0 Å². The smallest absolute Gasteiger partial charge is 0.241 e. The van der Waals surface area contributed by atoms with Crippen molar-refractivity contribution in [3.05, 3.63) is 38.8 Å². The van der Waals surface area contributed by atoms with Crippen molar-refractivity contribution < 1.29 is 13.2 Å². The molecule has 0 amide bonds. The number of nitrogens with zero attached hydrogens (tertiary/aromatic N) is 1. The summed E-state index contributed by atoms with van der Waals surface area (Å²) in [4.78, 5) is 5.76. The first-order valence-electron chi connectivity index (χ1n) is 6.82. The Morgan fingerprint density at radius 2 is 1.77 bits per heavy atom. The van der Waals surface area contributed by atoms with Crippen LogP contribution in [0.1, 0.15) is 26.7 Å². The summed E-state index contributed by atoms with van der Waals surface area (Å²) in [5.41, 5.74) is 2.27. The van der Waals surface area contributed by atoms with Gasteiger partial charge in [-0.15, -0.1) is 11.3 Å². The number of sulfonamides is 1. The molecule has 0 radical (unpaired) electrons. The highest BCUT2D eigenvalue weighted by atomic mass is 32.2. The van der Waals surface area contributed by atoms with E-state index in [1.54, 1.807) is 33.1 Å². The lowest BCUT2D eigenvalue weighted by Gasteiger charge is -2.13. The molecule has 2 aromatic rings. The molecule has 0 unspecified atom stereocenters. The van der Waals surface area contributed by atoms with E-state index in [4.69, 9.17) is 4.74 Å². The summed E-state index contributed by atoms with van der Waals surface area (Å²) in [7, 11) is -2.02. The molecule has 5 nitrogen and oxygen atoms in total. The Hall–Kier alpha value is -1.44. The molecule has 0 atom stereocenters. The largest absolute Gasteiger partial charge is 0.497 e. The number of ether oxygens (including phenoxy) is 1. The van der Waals surface area contributed by atoms with E-state index in [-0.39, 0.29) is 6.54 Å². The van der Waals surface area contributed by atoms with Crippen molar-refractivity contribution in [3.8, 4) is 5.75 Å². The van der Waals surface area contributed by atoms with Gasteiger partial charge < -0.3 is 4.74 Å². The second-order valence-electron chi connectivity index (χ2n) is 5.16. The van der Waals surface area contributed by atoms with Gasteiger partial charge in [-0.25, -0.2) is 18.1 Å². The van der Waals surface area contributed by atoms with Crippen molar-refractivity contribution in [2.45, 2.75) is 39.1 Å². The third kappa shape index (κ3) is 3.48. The van der Waals surface area contributed by atoms with Crippen molar-refractivity contribution in [1.29, 1.82) is 0 Å². The molecule has 1 aromatic carbocycles. The zero-order valence-corrected chi connectivity index (χ0v) is 15.0. The molecule has 0 saturated carbocycles. The fourth-order valence-electron chi connectivity index (χ4n) is 2.30. The lowest BCUT2D eigenvalue weighted by Crippen LogP contribution is -2.24. The summed E-state index contributed by atoms with van der Waals surface area (Å²) in [5, 5.41) is 0.766. The van der Waals surface area contributed by atoms with Gasteiger partial charge in [0, 0.05) is 4.88 Å². The van der Waals surface area contributed by atoms with Gasteiger partial charge in [-0.3, -0.25) is 0 Å². The van der Waals surface area contributed by atoms with Gasteiger partial charge >= 0.3 is 0 Å². The van der Waals surface area contributed by atoms with Crippen LogP contribution in [0.25, 0.3) is 0 Å². The molecule has 0 fully saturated rings. The number of benzene rings is 1. The van der Waals surface area contributed by atoms with E-state index in [1.165, 1.54) is 11.3 Å². The minimum absolute atomic E-state index is 0.201. The molecular formula is C15H20N2O3S2. The SMILES string of the molecule is COc1cc(C)c(S(=O)(=O)NCc2nc(C)c(C)s2)c(C)c1. The van der Waals surface area contributed by atoms with Crippen LogP contribution in [0.3, 0.4) is 0 Å². The first kappa shape index (κ1) is 16.9. The molecule has 1 aromatic heterocycles. The lowest BCUT2D eigenvalue weighted by molar-refractivity contribution is 0.413. The summed E-state index contributed by atoms with van der Waals surface area (Å²) in [6, 6.07) is 3.44. The van der Waals surface area contributed by atoms with Crippen LogP contribution < -0.4 is 9.46 Å². The normalized spacial score (nSPS) is 11.7. The predicted octanol–water partition coefficient (Wildman–Crippen LogP) is 2.86. The molecule has 22 heavy (non-hydrogen) atoms. The van der Waals surface area contributed by atoms with E-state index in [1.807, 2.05) is 13.8 Å². The summed E-state index contributed by atoms with van der Waals surface area (Å²) in [5.74, 6) is 0.653. The fourth-order valence-corrected chi connectivity index (χ4v) is 4.70. The molecule has 1 heterocycles. The minimum atomic E-state index is -3.59. The zero-order chi connectivity index (χ0) is 16.5. The molecule has 0 aliphatic carbocycles. The Morgan fingerprint density at radius 3 is 2.23 bits per heavy atom. The maximum atomic E-state index is 12.6. The molecule has 0 aliphatic rings. The molecule has 0 aliphatic heterocycles. The van der Waals surface area contributed by atoms with E-state index in [2.05, 4.69) is 9.71 Å². The Balaban J connectivity index is 2.27. The van der Waals surface area contributed by atoms with E-state index in [0.717, 1.165) is 15.6 Å². The summed E-state index contributed by atoms with van der Waals surface area (Å²) in [6.07, 6.45) is 0. The highest BCUT2D eigenvalue weighted by molar-refractivity contribution is 7.89. The number of nitrogens with one attached hydrogen (secondary N) is 1. The van der Waals surface area contributed by atoms with Crippen LogP contribution in [0.4, 0.5) is 0 Å². The van der Waals surface area contributed by atoms with Crippen LogP contribution in [-0.4, -0.2) is 20.5 Å².